The van der Waals surface area contributed by atoms with Gasteiger partial charge in [-0.3, -0.25) is 9.78 Å². The molecule has 13 heavy (non-hydrogen) atoms. The van der Waals surface area contributed by atoms with Crippen LogP contribution in [0.25, 0.3) is 0 Å². The summed E-state index contributed by atoms with van der Waals surface area (Å²) in [6, 6.07) is 1.32. The molecule has 0 radical (unpaired) electrons. The first kappa shape index (κ1) is 9.67. The molecule has 0 saturated heterocycles. The van der Waals surface area contributed by atoms with Crippen molar-refractivity contribution in [1.29, 1.82) is 0 Å². The molecule has 70 valence electrons. The second-order valence-corrected chi connectivity index (χ2v) is 3.08. The van der Waals surface area contributed by atoms with Crippen molar-refractivity contribution < 1.29 is 4.79 Å². The fraction of sp³-hybridized carbons (Fsp3) is 0.333. The van der Waals surface area contributed by atoms with Gasteiger partial charge in [0.05, 0.1) is 6.04 Å². The average Bonchev–Trinajstić information content (AvgIpc) is 2.04. The van der Waals surface area contributed by atoms with Gasteiger partial charge in [0.1, 0.15) is 0 Å². The second kappa shape index (κ2) is 4.00. The summed E-state index contributed by atoms with van der Waals surface area (Å²) in [6.45, 7) is 1.94. The number of hydrogen-bond acceptors (Lipinski definition) is 3. The first-order valence-electron chi connectivity index (χ1n) is 4.05. The molecule has 1 amide bonds. The van der Waals surface area contributed by atoms with Gasteiger partial charge in [-0.05, 0) is 24.5 Å². The van der Waals surface area contributed by atoms with Crippen LogP contribution in [0.3, 0.4) is 0 Å². The van der Waals surface area contributed by atoms with Crippen LogP contribution in [0.1, 0.15) is 11.1 Å². The van der Waals surface area contributed by atoms with Crippen molar-refractivity contribution in [2.45, 2.75) is 19.4 Å². The molecule has 4 heteroatoms. The lowest BCUT2D eigenvalue weighted by Gasteiger charge is -2.06. The normalized spacial score (nSPS) is 12.5. The molecule has 1 atom stereocenters. The van der Waals surface area contributed by atoms with Gasteiger partial charge in [-0.25, -0.2) is 0 Å². The molecular weight excluding hydrogens is 166 g/mol. The summed E-state index contributed by atoms with van der Waals surface area (Å²) in [4.78, 5) is 14.7. The van der Waals surface area contributed by atoms with Crippen LogP contribution >= 0.6 is 0 Å². The van der Waals surface area contributed by atoms with Crippen LogP contribution in [0.2, 0.25) is 0 Å². The van der Waals surface area contributed by atoms with E-state index in [4.69, 9.17) is 11.5 Å². The van der Waals surface area contributed by atoms with Gasteiger partial charge in [-0.15, -0.1) is 0 Å². The lowest BCUT2D eigenvalue weighted by molar-refractivity contribution is -0.119. The van der Waals surface area contributed by atoms with E-state index in [1.165, 1.54) is 0 Å². The highest BCUT2D eigenvalue weighted by Crippen LogP contribution is 2.03. The highest BCUT2D eigenvalue weighted by Gasteiger charge is 2.09. The molecule has 0 aromatic carbocycles. The van der Waals surface area contributed by atoms with Crippen LogP contribution < -0.4 is 11.5 Å². The Balaban J connectivity index is 2.69. The molecule has 0 fully saturated rings. The van der Waals surface area contributed by atoms with Crippen molar-refractivity contribution in [2.24, 2.45) is 11.5 Å². The maximum atomic E-state index is 10.7. The Kier molecular flexibility index (Phi) is 2.97. The minimum Gasteiger partial charge on any atom is -0.368 e. The molecule has 4 nitrogen and oxygen atoms in total. The van der Waals surface area contributed by atoms with E-state index in [1.54, 1.807) is 12.4 Å². The average molecular weight is 179 g/mol. The van der Waals surface area contributed by atoms with Gasteiger partial charge in [-0.2, -0.15) is 0 Å². The van der Waals surface area contributed by atoms with Crippen LogP contribution in [0, 0.1) is 6.92 Å². The summed E-state index contributed by atoms with van der Waals surface area (Å²) < 4.78 is 0. The van der Waals surface area contributed by atoms with Gasteiger partial charge in [-0.1, -0.05) is 6.07 Å². The zero-order valence-electron chi connectivity index (χ0n) is 7.53. The maximum absolute atomic E-state index is 10.7. The lowest BCUT2D eigenvalue weighted by atomic mass is 10.1. The highest BCUT2D eigenvalue weighted by molar-refractivity contribution is 5.79. The summed E-state index contributed by atoms with van der Waals surface area (Å²) in [5.74, 6) is -0.485. The van der Waals surface area contributed by atoms with Gasteiger partial charge in [0.15, 0.2) is 0 Å². The van der Waals surface area contributed by atoms with Crippen molar-refractivity contribution in [3.8, 4) is 0 Å². The fourth-order valence-electron chi connectivity index (χ4n) is 1.08. The Morgan fingerprint density at radius 1 is 1.62 bits per heavy atom. The van der Waals surface area contributed by atoms with Gasteiger partial charge in [0.2, 0.25) is 5.91 Å². The number of carbonyl (C=O) groups is 1. The van der Waals surface area contributed by atoms with E-state index in [0.717, 1.165) is 11.1 Å². The van der Waals surface area contributed by atoms with Crippen LogP contribution in [0.15, 0.2) is 18.5 Å². The molecule has 0 bridgehead atoms. The SMILES string of the molecule is Cc1cncc(CC(N)C(N)=O)c1. The fourth-order valence-corrected chi connectivity index (χ4v) is 1.08. The number of aromatic nitrogens is 1. The number of amides is 1. The van der Waals surface area contributed by atoms with Crippen molar-refractivity contribution in [3.05, 3.63) is 29.6 Å². The lowest BCUT2D eigenvalue weighted by Crippen LogP contribution is -2.38. The minimum absolute atomic E-state index is 0.448. The van der Waals surface area contributed by atoms with Crippen molar-refractivity contribution in [1.82, 2.24) is 4.98 Å². The van der Waals surface area contributed by atoms with Crippen molar-refractivity contribution >= 4 is 5.91 Å². The Hall–Kier alpha value is -1.42. The number of aryl methyl sites for hydroxylation is 1. The minimum atomic E-state index is -0.622. The highest BCUT2D eigenvalue weighted by atomic mass is 16.1. The Morgan fingerprint density at radius 3 is 2.85 bits per heavy atom. The molecule has 0 aliphatic rings. The molecule has 4 N–H and O–H groups in total. The topological polar surface area (TPSA) is 82.0 Å². The summed E-state index contributed by atoms with van der Waals surface area (Å²) in [5.41, 5.74) is 12.5. The molecule has 0 saturated carbocycles. The molecule has 0 aliphatic heterocycles. The Labute approximate surface area is 77.0 Å². The smallest absolute Gasteiger partial charge is 0.234 e. The van der Waals surface area contributed by atoms with Crippen LogP contribution in [-0.2, 0) is 11.2 Å². The number of carbonyl (C=O) groups excluding carboxylic acids is 1. The molecule has 1 heterocycles. The van der Waals surface area contributed by atoms with E-state index in [9.17, 15) is 4.79 Å². The molecule has 1 aromatic rings. The molecule has 0 aliphatic carbocycles. The largest absolute Gasteiger partial charge is 0.368 e. The molecule has 0 spiro atoms. The molecule has 1 rings (SSSR count). The third-order valence-corrected chi connectivity index (χ3v) is 1.75. The monoisotopic (exact) mass is 179 g/mol. The summed E-state index contributed by atoms with van der Waals surface area (Å²) >= 11 is 0. The molecule has 1 aromatic heterocycles. The summed E-state index contributed by atoms with van der Waals surface area (Å²) in [7, 11) is 0. The molecule has 1 unspecified atom stereocenters. The van der Waals surface area contributed by atoms with E-state index in [0.29, 0.717) is 6.42 Å². The third-order valence-electron chi connectivity index (χ3n) is 1.75. The Morgan fingerprint density at radius 2 is 2.31 bits per heavy atom. The number of pyridine rings is 1. The number of rotatable bonds is 3. The van der Waals surface area contributed by atoms with Gasteiger partial charge in [0, 0.05) is 12.4 Å². The number of primary amides is 1. The first-order valence-corrected chi connectivity index (χ1v) is 4.05. The maximum Gasteiger partial charge on any atom is 0.234 e. The Bertz CT molecular complexity index is 311. The van der Waals surface area contributed by atoms with E-state index in [1.807, 2.05) is 13.0 Å². The summed E-state index contributed by atoms with van der Waals surface area (Å²) in [5, 5.41) is 0. The third kappa shape index (κ3) is 2.83. The number of nitrogens with zero attached hydrogens (tertiary/aromatic N) is 1. The van der Waals surface area contributed by atoms with Gasteiger partial charge in [0.25, 0.3) is 0 Å². The number of hydrogen-bond donors (Lipinski definition) is 2. The quantitative estimate of drug-likeness (QED) is 0.671. The van der Waals surface area contributed by atoms with E-state index in [-0.39, 0.29) is 0 Å². The van der Waals surface area contributed by atoms with E-state index in [2.05, 4.69) is 4.98 Å². The predicted molar refractivity (Wildman–Crippen MR) is 49.8 cm³/mol. The van der Waals surface area contributed by atoms with Crippen LogP contribution in [-0.4, -0.2) is 16.9 Å². The van der Waals surface area contributed by atoms with Crippen molar-refractivity contribution in [3.63, 3.8) is 0 Å². The predicted octanol–water partition coefficient (Wildman–Crippen LogP) is -0.255. The summed E-state index contributed by atoms with van der Waals surface area (Å²) in [6.07, 6.45) is 3.89. The van der Waals surface area contributed by atoms with Gasteiger partial charge >= 0.3 is 0 Å². The number of nitrogens with two attached hydrogens (primary N) is 2. The van der Waals surface area contributed by atoms with E-state index < -0.39 is 11.9 Å². The van der Waals surface area contributed by atoms with Crippen LogP contribution in [0.5, 0.6) is 0 Å². The van der Waals surface area contributed by atoms with Crippen LogP contribution in [0.4, 0.5) is 0 Å². The van der Waals surface area contributed by atoms with Gasteiger partial charge < -0.3 is 11.5 Å². The zero-order valence-corrected chi connectivity index (χ0v) is 7.53. The second-order valence-electron chi connectivity index (χ2n) is 3.08. The van der Waals surface area contributed by atoms with Crippen molar-refractivity contribution in [2.75, 3.05) is 0 Å². The first-order chi connectivity index (χ1) is 6.09. The zero-order chi connectivity index (χ0) is 9.84. The standard InChI is InChI=1S/C9H13N3O/c1-6-2-7(5-12-4-6)3-8(10)9(11)13/h2,4-5,8H,3,10H2,1H3,(H2,11,13). The van der Waals surface area contributed by atoms with E-state index >= 15 is 0 Å². The molecular formula is C9H13N3O.